The Morgan fingerprint density at radius 3 is 2.48 bits per heavy atom. The standard InChI is InChI=1S/C23H27N3O6S/c1-3-25(4-2)33(29,30)19-8-5-17(6-9-19)23(28)24-13-16-11-22(27)26(14-16)18-7-10-20-21(12-18)32-15-31-20/h5-10,12,16H,3-4,11,13-15H2,1-2H3,(H,24,28). The highest BCUT2D eigenvalue weighted by atomic mass is 32.2. The first kappa shape index (κ1) is 23.1. The van der Waals surface area contributed by atoms with Gasteiger partial charge in [0, 0.05) is 55.8 Å². The van der Waals surface area contributed by atoms with Crippen molar-refractivity contribution in [3.63, 3.8) is 0 Å². The summed E-state index contributed by atoms with van der Waals surface area (Å²) < 4.78 is 37.2. The number of benzene rings is 2. The van der Waals surface area contributed by atoms with Gasteiger partial charge >= 0.3 is 0 Å². The molecular weight excluding hydrogens is 446 g/mol. The van der Waals surface area contributed by atoms with E-state index < -0.39 is 10.0 Å². The number of nitrogens with zero attached hydrogens (tertiary/aromatic N) is 2. The second kappa shape index (κ2) is 9.40. The van der Waals surface area contributed by atoms with Gasteiger partial charge in [-0.1, -0.05) is 13.8 Å². The zero-order valence-electron chi connectivity index (χ0n) is 18.6. The summed E-state index contributed by atoms with van der Waals surface area (Å²) in [6.07, 6.45) is 0.329. The highest BCUT2D eigenvalue weighted by Gasteiger charge is 2.32. The summed E-state index contributed by atoms with van der Waals surface area (Å²) in [6.45, 7) is 5.32. The largest absolute Gasteiger partial charge is 0.454 e. The van der Waals surface area contributed by atoms with E-state index in [1.807, 2.05) is 6.07 Å². The lowest BCUT2D eigenvalue weighted by Crippen LogP contribution is -2.32. The number of hydrogen-bond acceptors (Lipinski definition) is 6. The summed E-state index contributed by atoms with van der Waals surface area (Å²) in [6, 6.07) is 11.3. The minimum atomic E-state index is -3.57. The van der Waals surface area contributed by atoms with E-state index in [-0.39, 0.29) is 29.4 Å². The highest BCUT2D eigenvalue weighted by molar-refractivity contribution is 7.89. The number of sulfonamides is 1. The summed E-state index contributed by atoms with van der Waals surface area (Å²) in [7, 11) is -3.57. The number of nitrogens with one attached hydrogen (secondary N) is 1. The van der Waals surface area contributed by atoms with Gasteiger partial charge in [0.15, 0.2) is 11.5 Å². The molecule has 2 aromatic rings. The molecule has 10 heteroatoms. The molecule has 0 aliphatic carbocycles. The topological polar surface area (TPSA) is 105 Å². The van der Waals surface area contributed by atoms with Crippen LogP contribution in [0.1, 0.15) is 30.6 Å². The Kier molecular flexibility index (Phi) is 6.57. The van der Waals surface area contributed by atoms with Gasteiger partial charge in [-0.25, -0.2) is 8.42 Å². The van der Waals surface area contributed by atoms with Gasteiger partial charge in [-0.3, -0.25) is 9.59 Å². The van der Waals surface area contributed by atoms with E-state index >= 15 is 0 Å². The van der Waals surface area contributed by atoms with Crippen LogP contribution in [0.2, 0.25) is 0 Å². The van der Waals surface area contributed by atoms with Crippen LogP contribution in [-0.2, 0) is 14.8 Å². The molecule has 0 saturated carbocycles. The number of anilines is 1. The summed E-state index contributed by atoms with van der Waals surface area (Å²) in [5.41, 5.74) is 1.11. The Balaban J connectivity index is 1.35. The molecule has 2 aliphatic heterocycles. The van der Waals surface area contributed by atoms with Gasteiger partial charge in [-0.2, -0.15) is 4.31 Å². The third-order valence-electron chi connectivity index (χ3n) is 5.88. The normalized spacial score (nSPS) is 17.6. The van der Waals surface area contributed by atoms with Crippen molar-refractivity contribution in [1.29, 1.82) is 0 Å². The van der Waals surface area contributed by atoms with Crippen molar-refractivity contribution in [3.8, 4) is 11.5 Å². The number of carbonyl (C=O) groups is 2. The lowest BCUT2D eigenvalue weighted by atomic mass is 10.1. The first-order valence-corrected chi connectivity index (χ1v) is 12.4. The Hall–Kier alpha value is -3.11. The van der Waals surface area contributed by atoms with Crippen molar-refractivity contribution in [2.75, 3.05) is 37.9 Å². The predicted molar refractivity (Wildman–Crippen MR) is 122 cm³/mol. The third-order valence-corrected chi connectivity index (χ3v) is 7.95. The van der Waals surface area contributed by atoms with E-state index in [1.54, 1.807) is 30.9 Å². The van der Waals surface area contributed by atoms with Crippen LogP contribution in [0.3, 0.4) is 0 Å². The van der Waals surface area contributed by atoms with Crippen molar-refractivity contribution in [2.24, 2.45) is 5.92 Å². The van der Waals surface area contributed by atoms with E-state index in [0.717, 1.165) is 5.69 Å². The highest BCUT2D eigenvalue weighted by Crippen LogP contribution is 2.37. The monoisotopic (exact) mass is 473 g/mol. The molecule has 2 aliphatic rings. The van der Waals surface area contributed by atoms with Crippen molar-refractivity contribution in [2.45, 2.75) is 25.2 Å². The molecule has 0 aromatic heterocycles. The predicted octanol–water partition coefficient (Wildman–Crippen LogP) is 2.23. The number of amides is 2. The minimum absolute atomic E-state index is 0.0147. The Labute approximate surface area is 193 Å². The first-order valence-electron chi connectivity index (χ1n) is 10.9. The maximum absolute atomic E-state index is 12.6. The fraction of sp³-hybridized carbons (Fsp3) is 0.391. The molecule has 1 unspecified atom stereocenters. The molecule has 1 fully saturated rings. The van der Waals surface area contributed by atoms with Crippen LogP contribution < -0.4 is 19.7 Å². The summed E-state index contributed by atoms with van der Waals surface area (Å²) in [5, 5.41) is 2.86. The van der Waals surface area contributed by atoms with Gasteiger partial charge in [-0.15, -0.1) is 0 Å². The zero-order chi connectivity index (χ0) is 23.6. The molecule has 176 valence electrons. The number of ether oxygens (including phenoxy) is 2. The number of rotatable bonds is 8. The van der Waals surface area contributed by atoms with Crippen LogP contribution in [0.4, 0.5) is 5.69 Å². The smallest absolute Gasteiger partial charge is 0.251 e. The fourth-order valence-electron chi connectivity index (χ4n) is 4.05. The van der Waals surface area contributed by atoms with Crippen molar-refractivity contribution < 1.29 is 27.5 Å². The average Bonchev–Trinajstić information content (AvgIpc) is 3.43. The molecule has 0 radical (unpaired) electrons. The maximum atomic E-state index is 12.6. The van der Waals surface area contributed by atoms with Crippen molar-refractivity contribution in [1.82, 2.24) is 9.62 Å². The quantitative estimate of drug-likeness (QED) is 0.630. The van der Waals surface area contributed by atoms with Gasteiger partial charge < -0.3 is 19.7 Å². The SMILES string of the molecule is CCN(CC)S(=O)(=O)c1ccc(C(=O)NCC2CC(=O)N(c3ccc4c(c3)OCO4)C2)cc1. The van der Waals surface area contributed by atoms with E-state index in [1.165, 1.54) is 28.6 Å². The molecule has 9 nitrogen and oxygen atoms in total. The Bertz CT molecular complexity index is 1150. The van der Waals surface area contributed by atoms with Crippen molar-refractivity contribution in [3.05, 3.63) is 48.0 Å². The molecule has 0 bridgehead atoms. The molecule has 0 spiro atoms. The molecule has 1 saturated heterocycles. The first-order chi connectivity index (χ1) is 15.8. The van der Waals surface area contributed by atoms with Gasteiger partial charge in [0.25, 0.3) is 5.91 Å². The van der Waals surface area contributed by atoms with Crippen LogP contribution in [0.5, 0.6) is 11.5 Å². The number of carbonyl (C=O) groups excluding carboxylic acids is 2. The van der Waals surface area contributed by atoms with Crippen LogP contribution in [0, 0.1) is 5.92 Å². The summed E-state index contributed by atoms with van der Waals surface area (Å²) in [4.78, 5) is 26.9. The van der Waals surface area contributed by atoms with E-state index in [2.05, 4.69) is 5.32 Å². The molecule has 33 heavy (non-hydrogen) atoms. The molecule has 1 atom stereocenters. The van der Waals surface area contributed by atoms with Crippen LogP contribution in [-0.4, -0.2) is 57.5 Å². The van der Waals surface area contributed by atoms with Crippen LogP contribution >= 0.6 is 0 Å². The lowest BCUT2D eigenvalue weighted by Gasteiger charge is -2.18. The van der Waals surface area contributed by atoms with E-state index in [4.69, 9.17) is 9.47 Å². The average molecular weight is 474 g/mol. The Morgan fingerprint density at radius 2 is 1.79 bits per heavy atom. The Morgan fingerprint density at radius 1 is 1.09 bits per heavy atom. The van der Waals surface area contributed by atoms with Gasteiger partial charge in [0.1, 0.15) is 0 Å². The van der Waals surface area contributed by atoms with Gasteiger partial charge in [-0.05, 0) is 36.4 Å². The molecule has 1 N–H and O–H groups in total. The summed E-state index contributed by atoms with van der Waals surface area (Å²) in [5.74, 6) is 0.915. The lowest BCUT2D eigenvalue weighted by molar-refractivity contribution is -0.117. The zero-order valence-corrected chi connectivity index (χ0v) is 19.4. The minimum Gasteiger partial charge on any atom is -0.454 e. The second-order valence-corrected chi connectivity index (χ2v) is 9.87. The second-order valence-electron chi connectivity index (χ2n) is 7.94. The van der Waals surface area contributed by atoms with Gasteiger partial charge in [0.2, 0.25) is 22.7 Å². The number of fused-ring (bicyclic) bond motifs is 1. The maximum Gasteiger partial charge on any atom is 0.251 e. The van der Waals surface area contributed by atoms with Crippen LogP contribution in [0.25, 0.3) is 0 Å². The van der Waals surface area contributed by atoms with Crippen LogP contribution in [0.15, 0.2) is 47.4 Å². The number of hydrogen-bond donors (Lipinski definition) is 1. The van der Waals surface area contributed by atoms with E-state index in [9.17, 15) is 18.0 Å². The molecule has 2 aromatic carbocycles. The molecule has 2 heterocycles. The third kappa shape index (κ3) is 4.67. The van der Waals surface area contributed by atoms with E-state index in [0.29, 0.717) is 49.7 Å². The molecular formula is C23H27N3O6S. The molecule has 4 rings (SSSR count). The molecule has 2 amide bonds. The van der Waals surface area contributed by atoms with Crippen molar-refractivity contribution >= 4 is 27.5 Å². The fourth-order valence-corrected chi connectivity index (χ4v) is 5.51. The summed E-state index contributed by atoms with van der Waals surface area (Å²) >= 11 is 0. The van der Waals surface area contributed by atoms with Gasteiger partial charge in [0.05, 0.1) is 4.90 Å².